The second-order valence-corrected chi connectivity index (χ2v) is 4.74. The van der Waals surface area contributed by atoms with E-state index in [-0.39, 0.29) is 5.54 Å². The van der Waals surface area contributed by atoms with Gasteiger partial charge in [0.05, 0.1) is 18.8 Å². The molecule has 0 saturated carbocycles. The van der Waals surface area contributed by atoms with Crippen molar-refractivity contribution in [2.24, 2.45) is 0 Å². The van der Waals surface area contributed by atoms with Gasteiger partial charge in [0.25, 0.3) is 0 Å². The average Bonchev–Trinajstić information content (AvgIpc) is 2.05. The lowest BCUT2D eigenvalue weighted by Gasteiger charge is -2.47. The lowest BCUT2D eigenvalue weighted by molar-refractivity contribution is -0.130. The van der Waals surface area contributed by atoms with Crippen LogP contribution in [0.15, 0.2) is 18.2 Å². The molecular formula is C13H19NO. The first-order chi connectivity index (χ1) is 7.06. The van der Waals surface area contributed by atoms with E-state index in [2.05, 4.69) is 51.0 Å². The van der Waals surface area contributed by atoms with Gasteiger partial charge in [-0.2, -0.15) is 0 Å². The molecule has 15 heavy (non-hydrogen) atoms. The van der Waals surface area contributed by atoms with Crippen molar-refractivity contribution >= 4 is 0 Å². The maximum atomic E-state index is 5.40. The van der Waals surface area contributed by atoms with Crippen molar-refractivity contribution in [3.63, 3.8) is 0 Å². The Morgan fingerprint density at radius 2 is 1.87 bits per heavy atom. The van der Waals surface area contributed by atoms with Gasteiger partial charge in [-0.25, -0.2) is 0 Å². The predicted octanol–water partition coefficient (Wildman–Crippen LogP) is 2.09. The molecule has 0 amide bonds. The Balaban J connectivity index is 2.43. The summed E-state index contributed by atoms with van der Waals surface area (Å²) in [7, 11) is 4.25. The zero-order valence-electron chi connectivity index (χ0n) is 10.0. The molecule has 0 aliphatic carbocycles. The van der Waals surface area contributed by atoms with Crippen LogP contribution in [0.4, 0.5) is 0 Å². The van der Waals surface area contributed by atoms with E-state index in [0.717, 1.165) is 13.2 Å². The van der Waals surface area contributed by atoms with E-state index in [1.54, 1.807) is 0 Å². The molecule has 2 nitrogen and oxygen atoms in total. The fraction of sp³-hybridized carbons (Fsp3) is 0.538. The molecule has 0 N–H and O–H groups in total. The molecule has 2 rings (SSSR count). The van der Waals surface area contributed by atoms with Crippen LogP contribution in [0.1, 0.15) is 16.7 Å². The topological polar surface area (TPSA) is 12.5 Å². The summed E-state index contributed by atoms with van der Waals surface area (Å²) >= 11 is 0. The molecule has 1 aromatic carbocycles. The zero-order valence-corrected chi connectivity index (χ0v) is 10.0. The van der Waals surface area contributed by atoms with E-state index in [1.165, 1.54) is 16.7 Å². The highest BCUT2D eigenvalue weighted by Gasteiger charge is 2.43. The van der Waals surface area contributed by atoms with Gasteiger partial charge in [-0.05, 0) is 39.1 Å². The van der Waals surface area contributed by atoms with E-state index in [1.807, 2.05) is 0 Å². The summed E-state index contributed by atoms with van der Waals surface area (Å²) in [5, 5.41) is 0. The summed E-state index contributed by atoms with van der Waals surface area (Å²) in [5.41, 5.74) is 4.21. The molecule has 1 aromatic rings. The Hall–Kier alpha value is -0.860. The highest BCUT2D eigenvalue weighted by molar-refractivity contribution is 5.37. The summed E-state index contributed by atoms with van der Waals surface area (Å²) < 4.78 is 5.40. The second kappa shape index (κ2) is 3.62. The first-order valence-electron chi connectivity index (χ1n) is 5.39. The van der Waals surface area contributed by atoms with Gasteiger partial charge < -0.3 is 4.74 Å². The Bertz CT molecular complexity index is 367. The number of nitrogens with zero attached hydrogens (tertiary/aromatic N) is 1. The molecule has 0 unspecified atom stereocenters. The number of hydrogen-bond acceptors (Lipinski definition) is 2. The van der Waals surface area contributed by atoms with Crippen LogP contribution < -0.4 is 0 Å². The third kappa shape index (κ3) is 1.58. The van der Waals surface area contributed by atoms with Crippen molar-refractivity contribution in [1.29, 1.82) is 0 Å². The minimum Gasteiger partial charge on any atom is -0.377 e. The number of hydrogen-bond donors (Lipinski definition) is 0. The third-order valence-corrected chi connectivity index (χ3v) is 3.42. The number of aryl methyl sites for hydroxylation is 2. The third-order valence-electron chi connectivity index (χ3n) is 3.42. The summed E-state index contributed by atoms with van der Waals surface area (Å²) in [5.74, 6) is 0. The van der Waals surface area contributed by atoms with Crippen LogP contribution >= 0.6 is 0 Å². The van der Waals surface area contributed by atoms with Gasteiger partial charge in [-0.3, -0.25) is 4.90 Å². The summed E-state index contributed by atoms with van der Waals surface area (Å²) in [4.78, 5) is 2.27. The van der Waals surface area contributed by atoms with Gasteiger partial charge in [0, 0.05) is 0 Å². The Morgan fingerprint density at radius 3 is 2.27 bits per heavy atom. The minimum absolute atomic E-state index is 0.109. The molecule has 1 saturated heterocycles. The largest absolute Gasteiger partial charge is 0.377 e. The van der Waals surface area contributed by atoms with Gasteiger partial charge in [0.2, 0.25) is 0 Å². The molecule has 0 spiro atoms. The maximum absolute atomic E-state index is 5.40. The highest BCUT2D eigenvalue weighted by Crippen LogP contribution is 2.36. The van der Waals surface area contributed by atoms with Gasteiger partial charge in [0.1, 0.15) is 0 Å². The molecule has 1 fully saturated rings. The van der Waals surface area contributed by atoms with Crippen molar-refractivity contribution in [2.45, 2.75) is 19.4 Å². The number of ether oxygens (including phenoxy) is 1. The first-order valence-corrected chi connectivity index (χ1v) is 5.39. The Kier molecular flexibility index (Phi) is 2.57. The number of rotatable bonds is 2. The van der Waals surface area contributed by atoms with Gasteiger partial charge >= 0.3 is 0 Å². The molecule has 0 atom stereocenters. The monoisotopic (exact) mass is 205 g/mol. The van der Waals surface area contributed by atoms with Crippen LogP contribution in [0, 0.1) is 13.8 Å². The molecule has 2 heteroatoms. The Labute approximate surface area is 91.9 Å². The molecule has 0 bridgehead atoms. The van der Waals surface area contributed by atoms with Gasteiger partial charge in [-0.15, -0.1) is 0 Å². The SMILES string of the molecule is Cc1ccc(C2(N(C)C)COC2)c(C)c1. The van der Waals surface area contributed by atoms with E-state index in [0.29, 0.717) is 0 Å². The van der Waals surface area contributed by atoms with Crippen LogP contribution in [0.5, 0.6) is 0 Å². The number of likely N-dealkylation sites (N-methyl/N-ethyl adjacent to an activating group) is 1. The Morgan fingerprint density at radius 1 is 1.20 bits per heavy atom. The average molecular weight is 205 g/mol. The van der Waals surface area contributed by atoms with Gasteiger partial charge in [-0.1, -0.05) is 23.8 Å². The normalized spacial score (nSPS) is 19.0. The first kappa shape index (κ1) is 10.7. The molecule has 1 heterocycles. The van der Waals surface area contributed by atoms with Crippen LogP contribution in [-0.2, 0) is 10.3 Å². The standard InChI is InChI=1S/C13H19NO/c1-10-5-6-12(11(2)7-10)13(14(3)4)8-15-9-13/h5-7H,8-9H2,1-4H3. The quantitative estimate of drug-likeness (QED) is 0.733. The van der Waals surface area contributed by atoms with Crippen molar-refractivity contribution in [3.05, 3.63) is 34.9 Å². The summed E-state index contributed by atoms with van der Waals surface area (Å²) in [6.45, 7) is 5.94. The van der Waals surface area contributed by atoms with Crippen molar-refractivity contribution < 1.29 is 4.74 Å². The van der Waals surface area contributed by atoms with E-state index >= 15 is 0 Å². The molecule has 0 radical (unpaired) electrons. The van der Waals surface area contributed by atoms with Crippen molar-refractivity contribution in [2.75, 3.05) is 27.3 Å². The molecule has 1 aliphatic heterocycles. The fourth-order valence-electron chi connectivity index (χ4n) is 2.29. The number of benzene rings is 1. The molecule has 1 aliphatic rings. The zero-order chi connectivity index (χ0) is 11.1. The molecular weight excluding hydrogens is 186 g/mol. The van der Waals surface area contributed by atoms with Crippen molar-refractivity contribution in [3.8, 4) is 0 Å². The van der Waals surface area contributed by atoms with Crippen LogP contribution in [-0.4, -0.2) is 32.2 Å². The van der Waals surface area contributed by atoms with E-state index < -0.39 is 0 Å². The van der Waals surface area contributed by atoms with Crippen LogP contribution in [0.25, 0.3) is 0 Å². The van der Waals surface area contributed by atoms with Crippen molar-refractivity contribution in [1.82, 2.24) is 4.90 Å². The summed E-state index contributed by atoms with van der Waals surface area (Å²) in [6, 6.07) is 6.68. The predicted molar refractivity (Wildman–Crippen MR) is 62.1 cm³/mol. The van der Waals surface area contributed by atoms with Gasteiger partial charge in [0.15, 0.2) is 0 Å². The summed E-state index contributed by atoms with van der Waals surface area (Å²) in [6.07, 6.45) is 0. The van der Waals surface area contributed by atoms with E-state index in [9.17, 15) is 0 Å². The fourth-order valence-corrected chi connectivity index (χ4v) is 2.29. The molecule has 82 valence electrons. The van der Waals surface area contributed by atoms with Crippen LogP contribution in [0.2, 0.25) is 0 Å². The lowest BCUT2D eigenvalue weighted by Crippen LogP contribution is -2.57. The van der Waals surface area contributed by atoms with Crippen LogP contribution in [0.3, 0.4) is 0 Å². The minimum atomic E-state index is 0.109. The smallest absolute Gasteiger partial charge is 0.0931 e. The highest BCUT2D eigenvalue weighted by atomic mass is 16.5. The molecule has 0 aromatic heterocycles. The lowest BCUT2D eigenvalue weighted by atomic mass is 9.83. The van der Waals surface area contributed by atoms with E-state index in [4.69, 9.17) is 4.74 Å². The second-order valence-electron chi connectivity index (χ2n) is 4.74. The maximum Gasteiger partial charge on any atom is 0.0931 e.